The van der Waals surface area contributed by atoms with Crippen LogP contribution in [0.5, 0.6) is 0 Å². The molecule has 0 aliphatic carbocycles. The van der Waals surface area contributed by atoms with E-state index in [4.69, 9.17) is 4.74 Å². The lowest BCUT2D eigenvalue weighted by Crippen LogP contribution is -2.42. The first-order valence-electron chi connectivity index (χ1n) is 14.0. The molecule has 0 aromatic carbocycles. The Morgan fingerprint density at radius 2 is 1.66 bits per heavy atom. The molecule has 0 bridgehead atoms. The highest BCUT2D eigenvalue weighted by Gasteiger charge is 2.23. The first kappa shape index (κ1) is 42.2. The van der Waals surface area contributed by atoms with Crippen molar-refractivity contribution >= 4 is 22.9 Å². The van der Waals surface area contributed by atoms with Crippen LogP contribution in [-0.2, 0) is 25.3 Å². The highest BCUT2D eigenvalue weighted by molar-refractivity contribution is 7.87. The highest BCUT2D eigenvalue weighted by atomic mass is 32.2. The Morgan fingerprint density at radius 3 is 2.10 bits per heavy atom. The van der Waals surface area contributed by atoms with E-state index in [9.17, 15) is 18.9 Å². The largest absolute Gasteiger partial charge is 0.495 e. The average Bonchev–Trinajstić information content (AvgIpc) is 2.94. The number of hydrogen-bond donors (Lipinski definition) is 3. The Hall–Kier alpha value is -3.23. The molecule has 3 N–H and O–H groups in total. The normalized spacial score (nSPS) is 14.3. The average molecular weight is 591 g/mol. The zero-order valence-corrected chi connectivity index (χ0v) is 27.6. The number of allylic oxidation sites excluding steroid dienone is 12. The molecular weight excluding hydrogens is 536 g/mol. The van der Waals surface area contributed by atoms with E-state index in [1.54, 1.807) is 51.3 Å². The van der Waals surface area contributed by atoms with Crippen LogP contribution in [0.15, 0.2) is 95.3 Å². The molecule has 0 aromatic rings. The minimum absolute atomic E-state index is 0.144. The summed E-state index contributed by atoms with van der Waals surface area (Å²) in [5, 5.41) is 11.8. The molecule has 1 amide bonds. The molecule has 0 heterocycles. The summed E-state index contributed by atoms with van der Waals surface area (Å²) in [4.78, 5) is 22.6. The Balaban J connectivity index is -0.000000806. The first-order valence-corrected chi connectivity index (χ1v) is 15.2. The van der Waals surface area contributed by atoms with Crippen molar-refractivity contribution < 1.29 is 23.6 Å². The maximum absolute atomic E-state index is 12.4. The molecule has 0 spiro atoms. The van der Waals surface area contributed by atoms with Crippen LogP contribution in [0.3, 0.4) is 0 Å². The standard InChI is InChI=1S/C21H33NO3S.C10H15NO2.C2H6/c1-6-8-14-18(5)15-11-9-10-12-16-19(13-7-2)26(25)22-20(17(3)4)21(23)24;1-5-7-10(13-4)9(6-2)11-8(3)12;1-2/h7,10-17,20,22H,6,8-9H2,1-5H3,(H,23,24);5-7H,2H2,1,3-4H3,(H,11,12);1-2H3/b12-10+,13-7-,15-11-,18-14-,19-16+;7-5-,10-9-;. The molecule has 8 heteroatoms. The third kappa shape index (κ3) is 23.2. The molecule has 232 valence electrons. The third-order valence-corrected chi connectivity index (χ3v) is 6.00. The number of amides is 1. The van der Waals surface area contributed by atoms with Crippen LogP contribution in [0.1, 0.15) is 81.6 Å². The van der Waals surface area contributed by atoms with Gasteiger partial charge in [0.15, 0.2) is 0 Å². The van der Waals surface area contributed by atoms with Gasteiger partial charge in [0.25, 0.3) is 0 Å². The van der Waals surface area contributed by atoms with Gasteiger partial charge in [-0.1, -0.05) is 95.7 Å². The number of carboxylic acid groups (broad SMARTS) is 1. The van der Waals surface area contributed by atoms with Crippen LogP contribution >= 0.6 is 0 Å². The number of aliphatic carboxylic acids is 1. The Labute approximate surface area is 252 Å². The lowest BCUT2D eigenvalue weighted by molar-refractivity contribution is -0.140. The van der Waals surface area contributed by atoms with Crippen molar-refractivity contribution in [1.29, 1.82) is 0 Å². The van der Waals surface area contributed by atoms with Crippen molar-refractivity contribution in [2.24, 2.45) is 5.92 Å². The molecule has 0 saturated carbocycles. The smallest absolute Gasteiger partial charge is 0.321 e. The Morgan fingerprint density at radius 1 is 1.05 bits per heavy atom. The molecule has 0 aromatic heterocycles. The van der Waals surface area contributed by atoms with Crippen LogP contribution in [-0.4, -0.2) is 34.3 Å². The van der Waals surface area contributed by atoms with E-state index in [-0.39, 0.29) is 11.8 Å². The maximum Gasteiger partial charge on any atom is 0.321 e. The fourth-order valence-corrected chi connectivity index (χ4v) is 4.04. The van der Waals surface area contributed by atoms with Gasteiger partial charge in [-0.3, -0.25) is 9.59 Å². The van der Waals surface area contributed by atoms with Crippen LogP contribution < -0.4 is 10.0 Å². The van der Waals surface area contributed by atoms with Crippen molar-refractivity contribution in [3.8, 4) is 0 Å². The van der Waals surface area contributed by atoms with Crippen LogP contribution in [0.25, 0.3) is 0 Å². The van der Waals surface area contributed by atoms with E-state index in [1.165, 1.54) is 12.5 Å². The summed E-state index contributed by atoms with van der Waals surface area (Å²) in [5.41, 5.74) is 1.83. The van der Waals surface area contributed by atoms with E-state index in [2.05, 4.69) is 48.7 Å². The van der Waals surface area contributed by atoms with Crippen molar-refractivity contribution in [1.82, 2.24) is 10.0 Å². The second-order valence-corrected chi connectivity index (χ2v) is 9.93. The minimum atomic E-state index is -1.58. The van der Waals surface area contributed by atoms with Crippen molar-refractivity contribution in [3.63, 3.8) is 0 Å². The van der Waals surface area contributed by atoms with E-state index >= 15 is 0 Å². The van der Waals surface area contributed by atoms with Gasteiger partial charge in [0.05, 0.1) is 17.7 Å². The number of nitrogens with one attached hydrogen (secondary N) is 2. The predicted molar refractivity (Wildman–Crippen MR) is 176 cm³/mol. The molecule has 0 radical (unpaired) electrons. The third-order valence-electron chi connectivity index (χ3n) is 4.83. The van der Waals surface area contributed by atoms with Crippen LogP contribution in [0.4, 0.5) is 0 Å². The summed E-state index contributed by atoms with van der Waals surface area (Å²) in [6.45, 7) is 20.5. The number of ether oxygens (including phenoxy) is 1. The number of hydrogen-bond acceptors (Lipinski definition) is 4. The van der Waals surface area contributed by atoms with Gasteiger partial charge in [-0.15, -0.1) is 0 Å². The molecule has 2 atom stereocenters. The summed E-state index contributed by atoms with van der Waals surface area (Å²) in [5.74, 6) is -0.713. The number of rotatable bonds is 16. The van der Waals surface area contributed by atoms with Gasteiger partial charge >= 0.3 is 5.97 Å². The molecule has 41 heavy (non-hydrogen) atoms. The quantitative estimate of drug-likeness (QED) is 0.126. The van der Waals surface area contributed by atoms with Gasteiger partial charge in [-0.25, -0.2) is 8.93 Å². The number of methoxy groups -OCH3 is 1. The molecule has 0 aliphatic rings. The molecule has 0 aliphatic heterocycles. The van der Waals surface area contributed by atoms with E-state index in [0.717, 1.165) is 19.3 Å². The predicted octanol–water partition coefficient (Wildman–Crippen LogP) is 7.83. The highest BCUT2D eigenvalue weighted by Crippen LogP contribution is 2.09. The minimum Gasteiger partial charge on any atom is -0.495 e. The molecule has 7 nitrogen and oxygen atoms in total. The van der Waals surface area contributed by atoms with Crippen molar-refractivity contribution in [2.45, 2.75) is 87.6 Å². The fourth-order valence-electron chi connectivity index (χ4n) is 2.83. The summed E-state index contributed by atoms with van der Waals surface area (Å²) < 4.78 is 20.2. The molecule has 0 saturated heterocycles. The van der Waals surface area contributed by atoms with E-state index in [1.807, 2.05) is 45.9 Å². The maximum atomic E-state index is 12.4. The first-order chi connectivity index (χ1) is 19.5. The van der Waals surface area contributed by atoms with E-state index < -0.39 is 23.0 Å². The fraction of sp³-hybridized carbons (Fsp3) is 0.455. The Kier molecular flexibility index (Phi) is 29.2. The number of carbonyl (C=O) groups excluding carboxylic acids is 1. The van der Waals surface area contributed by atoms with Gasteiger partial charge in [-0.05, 0) is 63.8 Å². The summed E-state index contributed by atoms with van der Waals surface area (Å²) in [7, 11) is -0.0399. The SMILES string of the molecule is C=C/C(NC(C)=O)=C(\C=C/C)OC.CC.C\C=C/C(=C\C=C\C/C=C\C(C)=C/CCC)S(=O)NC(C(=O)O)C(C)C. The van der Waals surface area contributed by atoms with Gasteiger partial charge in [0, 0.05) is 6.92 Å². The van der Waals surface area contributed by atoms with Gasteiger partial charge in [0.2, 0.25) is 5.91 Å². The Bertz CT molecular complexity index is 999. The second kappa shape index (κ2) is 28.3. The van der Waals surface area contributed by atoms with Crippen LogP contribution in [0, 0.1) is 5.92 Å². The summed E-state index contributed by atoms with van der Waals surface area (Å²) in [6.07, 6.45) is 23.6. The second-order valence-electron chi connectivity index (χ2n) is 8.69. The summed E-state index contributed by atoms with van der Waals surface area (Å²) >= 11 is 0. The summed E-state index contributed by atoms with van der Waals surface area (Å²) in [6, 6.07) is -0.853. The van der Waals surface area contributed by atoms with E-state index in [0.29, 0.717) is 16.4 Å². The molecule has 0 rings (SSSR count). The molecule has 0 fully saturated rings. The zero-order chi connectivity index (χ0) is 32.2. The van der Waals surface area contributed by atoms with Crippen LogP contribution in [0.2, 0.25) is 0 Å². The number of unbranched alkanes of at least 4 members (excludes halogenated alkanes) is 1. The van der Waals surface area contributed by atoms with Crippen molar-refractivity contribution in [3.05, 3.63) is 95.3 Å². The van der Waals surface area contributed by atoms with Gasteiger partial charge in [0.1, 0.15) is 22.8 Å². The molecular formula is C33H54N2O5S. The molecule has 2 unspecified atom stereocenters. The lowest BCUT2D eigenvalue weighted by atomic mass is 10.1. The van der Waals surface area contributed by atoms with Gasteiger partial charge in [-0.2, -0.15) is 0 Å². The van der Waals surface area contributed by atoms with Crippen molar-refractivity contribution in [2.75, 3.05) is 7.11 Å². The number of carboxylic acids is 1. The topological polar surface area (TPSA) is 105 Å². The number of carbonyl (C=O) groups is 2. The zero-order valence-electron chi connectivity index (χ0n) is 26.8. The monoisotopic (exact) mass is 590 g/mol. The van der Waals surface area contributed by atoms with Gasteiger partial charge < -0.3 is 15.2 Å². The lowest BCUT2D eigenvalue weighted by Gasteiger charge is -2.17.